The Morgan fingerprint density at radius 3 is 2.71 bits per heavy atom. The summed E-state index contributed by atoms with van der Waals surface area (Å²) in [5, 5.41) is 16.9. The molecular weight excluding hydrogens is 410 g/mol. The Morgan fingerprint density at radius 1 is 1.10 bits per heavy atom. The van der Waals surface area contributed by atoms with Gasteiger partial charge in [0.15, 0.2) is 11.5 Å². The molecule has 1 N–H and O–H groups in total. The lowest BCUT2D eigenvalue weighted by atomic mass is 10.2. The molecule has 0 radical (unpaired) electrons. The highest BCUT2D eigenvalue weighted by Crippen LogP contribution is 2.21. The number of hydrogen-bond donors (Lipinski definition) is 1. The summed E-state index contributed by atoms with van der Waals surface area (Å²) in [6.07, 6.45) is 0.530. The van der Waals surface area contributed by atoms with E-state index in [2.05, 4.69) is 51.8 Å². The summed E-state index contributed by atoms with van der Waals surface area (Å²) in [6.45, 7) is 2.53. The van der Waals surface area contributed by atoms with Gasteiger partial charge in [-0.25, -0.2) is 0 Å². The highest BCUT2D eigenvalue weighted by Gasteiger charge is 2.10. The number of carbonyl (C=O) groups is 1. The molecule has 0 unspecified atom stereocenters. The first kappa shape index (κ1) is 20.9. The van der Waals surface area contributed by atoms with Gasteiger partial charge in [-0.05, 0) is 48.9 Å². The maximum atomic E-state index is 12.3. The number of rotatable bonds is 8. The van der Waals surface area contributed by atoms with E-state index in [-0.39, 0.29) is 5.91 Å². The first-order valence-electron chi connectivity index (χ1n) is 9.94. The predicted molar refractivity (Wildman–Crippen MR) is 121 cm³/mol. The highest BCUT2D eigenvalue weighted by molar-refractivity contribution is 7.98. The van der Waals surface area contributed by atoms with Gasteiger partial charge in [-0.15, -0.1) is 10.2 Å². The molecule has 158 valence electrons. The quantitative estimate of drug-likeness (QED) is 0.427. The zero-order valence-corrected chi connectivity index (χ0v) is 18.2. The van der Waals surface area contributed by atoms with Crippen molar-refractivity contribution in [1.82, 2.24) is 25.1 Å². The second kappa shape index (κ2) is 9.61. The molecule has 0 bridgehead atoms. The van der Waals surface area contributed by atoms with Gasteiger partial charge >= 0.3 is 0 Å². The van der Waals surface area contributed by atoms with Crippen molar-refractivity contribution in [3.05, 3.63) is 83.2 Å². The van der Waals surface area contributed by atoms with Gasteiger partial charge in [-0.3, -0.25) is 4.79 Å². The first-order valence-corrected chi connectivity index (χ1v) is 10.9. The number of ether oxygens (including phenoxy) is 1. The molecule has 0 aliphatic rings. The number of amides is 1. The molecule has 0 aliphatic heterocycles. The number of nitrogens with zero attached hydrogens (tertiary/aromatic N) is 4. The number of methoxy groups -OCH3 is 1. The first-order chi connectivity index (χ1) is 15.1. The van der Waals surface area contributed by atoms with Crippen LogP contribution in [0, 0.1) is 6.92 Å². The van der Waals surface area contributed by atoms with E-state index in [1.807, 2.05) is 12.1 Å². The summed E-state index contributed by atoms with van der Waals surface area (Å²) in [6, 6.07) is 19.3. The van der Waals surface area contributed by atoms with Crippen LogP contribution in [-0.2, 0) is 12.2 Å². The molecular formula is C23H23N5O2S. The molecule has 0 atom stereocenters. The zero-order chi connectivity index (χ0) is 21.6. The largest absolute Gasteiger partial charge is 0.497 e. The SMILES string of the molecule is COc1ccc(C(=O)NCCc2nnc3ccc(SCc4cccc(C)c4)nn23)cc1. The van der Waals surface area contributed by atoms with Crippen molar-refractivity contribution in [1.29, 1.82) is 0 Å². The van der Waals surface area contributed by atoms with Crippen LogP contribution in [0.1, 0.15) is 27.3 Å². The lowest BCUT2D eigenvalue weighted by molar-refractivity contribution is 0.0954. The third-order valence-corrected chi connectivity index (χ3v) is 5.75. The van der Waals surface area contributed by atoms with E-state index in [0.29, 0.717) is 35.8 Å². The molecule has 0 spiro atoms. The molecule has 2 aromatic heterocycles. The molecule has 1 amide bonds. The minimum absolute atomic E-state index is 0.140. The normalized spacial score (nSPS) is 10.9. The molecule has 4 rings (SSSR count). The summed E-state index contributed by atoms with van der Waals surface area (Å²) >= 11 is 1.67. The second-order valence-corrected chi connectivity index (χ2v) is 8.07. The molecule has 8 heteroatoms. The van der Waals surface area contributed by atoms with E-state index in [9.17, 15) is 4.79 Å². The molecule has 0 saturated carbocycles. The summed E-state index contributed by atoms with van der Waals surface area (Å²) in [5.74, 6) is 2.13. The summed E-state index contributed by atoms with van der Waals surface area (Å²) in [7, 11) is 1.60. The second-order valence-electron chi connectivity index (χ2n) is 7.07. The molecule has 4 aromatic rings. The lowest BCUT2D eigenvalue weighted by Crippen LogP contribution is -2.26. The Morgan fingerprint density at radius 2 is 1.94 bits per heavy atom. The van der Waals surface area contributed by atoms with Gasteiger partial charge in [0.1, 0.15) is 10.8 Å². The van der Waals surface area contributed by atoms with E-state index in [4.69, 9.17) is 4.74 Å². The minimum Gasteiger partial charge on any atom is -0.497 e. The van der Waals surface area contributed by atoms with Gasteiger partial charge in [0.05, 0.1) is 7.11 Å². The van der Waals surface area contributed by atoms with Gasteiger partial charge in [0.2, 0.25) is 0 Å². The minimum atomic E-state index is -0.140. The third-order valence-electron chi connectivity index (χ3n) is 4.76. The maximum Gasteiger partial charge on any atom is 0.251 e. The van der Waals surface area contributed by atoms with Crippen LogP contribution in [0.25, 0.3) is 5.65 Å². The van der Waals surface area contributed by atoms with Gasteiger partial charge in [0.25, 0.3) is 5.91 Å². The zero-order valence-electron chi connectivity index (χ0n) is 17.4. The Labute approximate surface area is 184 Å². The fraction of sp³-hybridized carbons (Fsp3) is 0.217. The molecule has 31 heavy (non-hydrogen) atoms. The van der Waals surface area contributed by atoms with Crippen molar-refractivity contribution in [3.63, 3.8) is 0 Å². The summed E-state index contributed by atoms with van der Waals surface area (Å²) in [4.78, 5) is 12.3. The van der Waals surface area contributed by atoms with Crippen molar-refractivity contribution >= 4 is 23.3 Å². The van der Waals surface area contributed by atoms with Crippen LogP contribution in [0.2, 0.25) is 0 Å². The van der Waals surface area contributed by atoms with Crippen LogP contribution >= 0.6 is 11.8 Å². The van der Waals surface area contributed by atoms with Gasteiger partial charge in [-0.2, -0.15) is 9.61 Å². The number of nitrogens with one attached hydrogen (secondary N) is 1. The number of aromatic nitrogens is 4. The predicted octanol–water partition coefficient (Wildman–Crippen LogP) is 3.71. The van der Waals surface area contributed by atoms with Crippen molar-refractivity contribution in [2.75, 3.05) is 13.7 Å². The highest BCUT2D eigenvalue weighted by atomic mass is 32.2. The number of benzene rings is 2. The fourth-order valence-electron chi connectivity index (χ4n) is 3.14. The Balaban J connectivity index is 1.37. The monoisotopic (exact) mass is 433 g/mol. The molecule has 2 aromatic carbocycles. The van der Waals surface area contributed by atoms with Crippen LogP contribution in [0.3, 0.4) is 0 Å². The van der Waals surface area contributed by atoms with Crippen LogP contribution < -0.4 is 10.1 Å². The van der Waals surface area contributed by atoms with Gasteiger partial charge < -0.3 is 10.1 Å². The maximum absolute atomic E-state index is 12.3. The van der Waals surface area contributed by atoms with Crippen molar-refractivity contribution in [2.45, 2.75) is 24.1 Å². The molecule has 7 nitrogen and oxygen atoms in total. The summed E-state index contributed by atoms with van der Waals surface area (Å²) < 4.78 is 6.87. The Kier molecular flexibility index (Phi) is 6.47. The Hall–Kier alpha value is -3.39. The van der Waals surface area contributed by atoms with Gasteiger partial charge in [-0.1, -0.05) is 41.6 Å². The number of aryl methyl sites for hydroxylation is 1. The van der Waals surface area contributed by atoms with E-state index in [1.165, 1.54) is 11.1 Å². The van der Waals surface area contributed by atoms with E-state index in [0.717, 1.165) is 10.8 Å². The number of carbonyl (C=O) groups excluding carboxylic acids is 1. The van der Waals surface area contributed by atoms with Gasteiger partial charge in [0, 0.05) is 24.3 Å². The van der Waals surface area contributed by atoms with Crippen molar-refractivity contribution in [2.24, 2.45) is 0 Å². The van der Waals surface area contributed by atoms with Crippen molar-refractivity contribution in [3.8, 4) is 5.75 Å². The van der Waals surface area contributed by atoms with Crippen molar-refractivity contribution < 1.29 is 9.53 Å². The standard InChI is InChI=1S/C23H23N5O2S/c1-16-4-3-5-17(14-16)15-31-22-11-10-20-25-26-21(28(20)27-22)12-13-24-23(29)18-6-8-19(30-2)9-7-18/h3-11,14H,12-13,15H2,1-2H3,(H,24,29). The molecule has 2 heterocycles. The van der Waals surface area contributed by atoms with E-state index >= 15 is 0 Å². The van der Waals surface area contributed by atoms with E-state index in [1.54, 1.807) is 47.7 Å². The average Bonchev–Trinajstić information content (AvgIpc) is 3.20. The molecule has 0 fully saturated rings. The van der Waals surface area contributed by atoms with Crippen LogP contribution in [-0.4, -0.2) is 39.4 Å². The topological polar surface area (TPSA) is 81.4 Å². The van der Waals surface area contributed by atoms with E-state index < -0.39 is 0 Å². The summed E-state index contributed by atoms with van der Waals surface area (Å²) in [5.41, 5.74) is 3.78. The fourth-order valence-corrected chi connectivity index (χ4v) is 3.94. The lowest BCUT2D eigenvalue weighted by Gasteiger charge is -2.06. The molecule has 0 saturated heterocycles. The van der Waals surface area contributed by atoms with Crippen LogP contribution in [0.15, 0.2) is 65.7 Å². The van der Waals surface area contributed by atoms with Crippen LogP contribution in [0.4, 0.5) is 0 Å². The molecule has 0 aliphatic carbocycles. The third kappa shape index (κ3) is 5.21. The van der Waals surface area contributed by atoms with Crippen LogP contribution in [0.5, 0.6) is 5.75 Å². The number of fused-ring (bicyclic) bond motifs is 1. The smallest absolute Gasteiger partial charge is 0.251 e. The number of hydrogen-bond acceptors (Lipinski definition) is 6. The average molecular weight is 434 g/mol. The number of thioether (sulfide) groups is 1. The Bertz CT molecular complexity index is 1190.